The van der Waals surface area contributed by atoms with Gasteiger partial charge in [0.1, 0.15) is 27.4 Å². The Bertz CT molecular complexity index is 816. The standard InChI is InChI=1S/C22H33N3O3S/c1-15-12-17-16(14-23-15)13-22(18(17)24-29(27)21(5,6)7)8-10-25(11-9-22)19(26)28-20(2,3)4/h12,14H,8-11,13H2,1-7H3/b24-18-/t29-/m1/s1. The molecule has 7 heteroatoms. The summed E-state index contributed by atoms with van der Waals surface area (Å²) >= 11 is -1.34. The fraction of sp³-hybridized carbons (Fsp3) is 0.682. The summed E-state index contributed by atoms with van der Waals surface area (Å²) in [7, 11) is 0. The van der Waals surface area contributed by atoms with E-state index in [1.165, 1.54) is 0 Å². The van der Waals surface area contributed by atoms with E-state index < -0.39 is 21.7 Å². The number of nitrogens with zero attached hydrogens (tertiary/aromatic N) is 3. The molecule has 0 N–H and O–H groups in total. The summed E-state index contributed by atoms with van der Waals surface area (Å²) in [6.07, 6.45) is 4.05. The maximum atomic E-state index is 12.9. The molecule has 29 heavy (non-hydrogen) atoms. The Morgan fingerprint density at radius 3 is 2.41 bits per heavy atom. The Hall–Kier alpha value is -1.60. The summed E-state index contributed by atoms with van der Waals surface area (Å²) in [5, 5.41) is 0. The average Bonchev–Trinajstić information content (AvgIpc) is 2.86. The van der Waals surface area contributed by atoms with E-state index in [9.17, 15) is 9.35 Å². The van der Waals surface area contributed by atoms with E-state index >= 15 is 0 Å². The normalized spacial score (nSPS) is 21.4. The Morgan fingerprint density at radius 2 is 1.86 bits per heavy atom. The molecule has 0 bridgehead atoms. The third-order valence-electron chi connectivity index (χ3n) is 5.48. The number of hydrogen-bond acceptors (Lipinski definition) is 5. The van der Waals surface area contributed by atoms with Gasteiger partial charge in [-0.1, -0.05) is 4.40 Å². The second-order valence-corrected chi connectivity index (χ2v) is 12.1. The van der Waals surface area contributed by atoms with Gasteiger partial charge in [0.05, 0.1) is 0 Å². The Morgan fingerprint density at radius 1 is 1.24 bits per heavy atom. The molecule has 3 rings (SSSR count). The molecule has 1 aliphatic heterocycles. The number of rotatable bonds is 1. The predicted octanol–water partition coefficient (Wildman–Crippen LogP) is 4.21. The zero-order valence-corrected chi connectivity index (χ0v) is 19.5. The van der Waals surface area contributed by atoms with Crippen LogP contribution >= 0.6 is 0 Å². The first-order valence-electron chi connectivity index (χ1n) is 10.3. The van der Waals surface area contributed by atoms with Gasteiger partial charge in [-0.15, -0.1) is 0 Å². The molecule has 1 aliphatic carbocycles. The van der Waals surface area contributed by atoms with Gasteiger partial charge in [-0.25, -0.2) is 4.79 Å². The summed E-state index contributed by atoms with van der Waals surface area (Å²) < 4.78 is 22.8. The highest BCUT2D eigenvalue weighted by atomic mass is 32.2. The lowest BCUT2D eigenvalue weighted by Crippen LogP contribution is -2.47. The molecule has 160 valence electrons. The maximum Gasteiger partial charge on any atom is 0.410 e. The number of amides is 1. The van der Waals surface area contributed by atoms with Crippen LogP contribution in [0.1, 0.15) is 71.2 Å². The molecule has 0 aromatic carbocycles. The van der Waals surface area contributed by atoms with Crippen molar-refractivity contribution < 1.29 is 14.1 Å². The van der Waals surface area contributed by atoms with E-state index in [1.807, 2.05) is 54.7 Å². The van der Waals surface area contributed by atoms with Crippen molar-refractivity contribution >= 4 is 23.2 Å². The van der Waals surface area contributed by atoms with Gasteiger partial charge in [0.2, 0.25) is 0 Å². The number of likely N-dealkylation sites (tertiary alicyclic amines) is 1. The van der Waals surface area contributed by atoms with Crippen LogP contribution in [-0.2, 0) is 22.5 Å². The lowest BCUT2D eigenvalue weighted by molar-refractivity contribution is 0.0159. The van der Waals surface area contributed by atoms with Crippen LogP contribution in [0.2, 0.25) is 0 Å². The van der Waals surface area contributed by atoms with Gasteiger partial charge in [-0.2, -0.15) is 0 Å². The molecule has 2 heterocycles. The van der Waals surface area contributed by atoms with Crippen molar-refractivity contribution in [3.05, 3.63) is 29.1 Å². The van der Waals surface area contributed by atoms with E-state index in [1.54, 1.807) is 4.90 Å². The smallest absolute Gasteiger partial charge is 0.410 e. The highest BCUT2D eigenvalue weighted by molar-refractivity contribution is 7.91. The van der Waals surface area contributed by atoms with Crippen LogP contribution < -0.4 is 0 Å². The number of fused-ring (bicyclic) bond motifs is 1. The third-order valence-corrected chi connectivity index (χ3v) is 6.88. The van der Waals surface area contributed by atoms with Gasteiger partial charge >= 0.3 is 6.09 Å². The lowest BCUT2D eigenvalue weighted by Gasteiger charge is -2.39. The van der Waals surface area contributed by atoms with Crippen molar-refractivity contribution in [1.82, 2.24) is 9.88 Å². The number of piperidine rings is 1. The van der Waals surface area contributed by atoms with Crippen molar-refractivity contribution in [2.24, 2.45) is 9.81 Å². The monoisotopic (exact) mass is 419 g/mol. The zero-order valence-electron chi connectivity index (χ0n) is 18.7. The average molecular weight is 420 g/mol. The quantitative estimate of drug-likeness (QED) is 0.639. The minimum absolute atomic E-state index is 0.197. The molecule has 1 fully saturated rings. The third kappa shape index (κ3) is 4.77. The summed E-state index contributed by atoms with van der Waals surface area (Å²) in [5.74, 6) is 0. The van der Waals surface area contributed by atoms with Crippen LogP contribution in [0.3, 0.4) is 0 Å². The molecule has 1 aromatic heterocycles. The Kier molecular flexibility index (Phi) is 5.78. The summed E-state index contributed by atoms with van der Waals surface area (Å²) in [4.78, 5) is 18.7. The molecule has 1 spiro atoms. The van der Waals surface area contributed by atoms with E-state index in [-0.39, 0.29) is 11.5 Å². The van der Waals surface area contributed by atoms with Crippen molar-refractivity contribution in [2.75, 3.05) is 13.1 Å². The van der Waals surface area contributed by atoms with Crippen LogP contribution in [0.5, 0.6) is 0 Å². The SMILES string of the molecule is Cc1cc2c(cn1)CC1(CCN(C(=O)OC(C)(C)C)CC1)/C2=N\[S@+]([O-])C(C)(C)C. The minimum Gasteiger partial charge on any atom is -0.591 e. The molecule has 0 saturated carbocycles. The number of aromatic nitrogens is 1. The Labute approximate surface area is 177 Å². The van der Waals surface area contributed by atoms with Crippen molar-refractivity contribution in [2.45, 2.75) is 78.1 Å². The first-order valence-corrected chi connectivity index (χ1v) is 11.4. The van der Waals surface area contributed by atoms with Crippen LogP contribution in [0.15, 0.2) is 16.7 Å². The van der Waals surface area contributed by atoms with Gasteiger partial charge < -0.3 is 14.2 Å². The molecule has 6 nitrogen and oxygen atoms in total. The maximum absolute atomic E-state index is 12.9. The lowest BCUT2D eigenvalue weighted by atomic mass is 9.74. The highest BCUT2D eigenvalue weighted by Gasteiger charge is 2.48. The highest BCUT2D eigenvalue weighted by Crippen LogP contribution is 2.46. The van der Waals surface area contributed by atoms with E-state index in [4.69, 9.17) is 9.13 Å². The van der Waals surface area contributed by atoms with Crippen LogP contribution in [0.4, 0.5) is 4.79 Å². The molecule has 0 radical (unpaired) electrons. The number of ether oxygens (including phenoxy) is 1. The molecule has 1 aromatic rings. The second-order valence-electron chi connectivity index (χ2n) is 10.2. The first kappa shape index (κ1) is 22.1. The second kappa shape index (κ2) is 7.58. The molecular formula is C22H33N3O3S. The molecule has 2 aliphatic rings. The van der Waals surface area contributed by atoms with E-state index in [0.717, 1.165) is 41.8 Å². The van der Waals surface area contributed by atoms with Gasteiger partial charge in [-0.3, -0.25) is 4.98 Å². The van der Waals surface area contributed by atoms with Crippen LogP contribution in [-0.4, -0.2) is 49.7 Å². The number of carbonyl (C=O) groups excluding carboxylic acids is 1. The topological polar surface area (TPSA) is 77.9 Å². The van der Waals surface area contributed by atoms with E-state index in [0.29, 0.717) is 13.1 Å². The summed E-state index contributed by atoms with van der Waals surface area (Å²) in [6.45, 7) is 14.7. The van der Waals surface area contributed by atoms with Crippen molar-refractivity contribution in [1.29, 1.82) is 0 Å². The molecule has 1 amide bonds. The predicted molar refractivity (Wildman–Crippen MR) is 117 cm³/mol. The van der Waals surface area contributed by atoms with Crippen LogP contribution in [0, 0.1) is 12.3 Å². The summed E-state index contributed by atoms with van der Waals surface area (Å²) in [5.41, 5.74) is 3.38. The van der Waals surface area contributed by atoms with Gasteiger partial charge in [0.15, 0.2) is 0 Å². The molecular weight excluding hydrogens is 386 g/mol. The number of aryl methyl sites for hydroxylation is 1. The van der Waals surface area contributed by atoms with Crippen molar-refractivity contribution in [3.63, 3.8) is 0 Å². The van der Waals surface area contributed by atoms with Gasteiger partial charge in [0, 0.05) is 36.0 Å². The fourth-order valence-corrected chi connectivity index (χ4v) is 4.64. The largest absolute Gasteiger partial charge is 0.591 e. The van der Waals surface area contributed by atoms with Gasteiger partial charge in [0.25, 0.3) is 0 Å². The van der Waals surface area contributed by atoms with Gasteiger partial charge in [-0.05, 0) is 79.4 Å². The number of pyridine rings is 1. The molecule has 0 unspecified atom stereocenters. The molecule has 1 saturated heterocycles. The first-order chi connectivity index (χ1) is 13.3. The minimum atomic E-state index is -1.34. The Balaban J connectivity index is 1.88. The number of hydrogen-bond donors (Lipinski definition) is 0. The zero-order chi connectivity index (χ0) is 21.6. The number of carbonyl (C=O) groups is 1. The summed E-state index contributed by atoms with van der Waals surface area (Å²) in [6, 6.07) is 2.06. The molecule has 1 atom stereocenters. The van der Waals surface area contributed by atoms with Crippen molar-refractivity contribution in [3.8, 4) is 0 Å². The van der Waals surface area contributed by atoms with E-state index in [2.05, 4.69) is 11.1 Å². The fourth-order valence-electron chi connectivity index (χ4n) is 3.91. The van der Waals surface area contributed by atoms with Crippen LogP contribution in [0.25, 0.3) is 0 Å².